The zero-order valence-corrected chi connectivity index (χ0v) is 19.9. The second-order valence-corrected chi connectivity index (χ2v) is 9.61. The maximum atomic E-state index is 13.3. The minimum absolute atomic E-state index is 0.232. The number of nitriles is 1. The van der Waals surface area contributed by atoms with E-state index >= 15 is 0 Å². The first-order valence-corrected chi connectivity index (χ1v) is 11.5. The van der Waals surface area contributed by atoms with Gasteiger partial charge in [-0.05, 0) is 43.2 Å². The number of pyridine rings is 1. The van der Waals surface area contributed by atoms with E-state index in [1.165, 1.54) is 6.20 Å². The van der Waals surface area contributed by atoms with Gasteiger partial charge >= 0.3 is 12.2 Å². The lowest BCUT2D eigenvalue weighted by atomic mass is 9.76. The molecule has 2 aliphatic rings. The molecule has 0 aliphatic carbocycles. The Kier molecular flexibility index (Phi) is 5.59. The van der Waals surface area contributed by atoms with Crippen LogP contribution in [0.3, 0.4) is 0 Å². The van der Waals surface area contributed by atoms with Crippen LogP contribution in [0.5, 0.6) is 0 Å². The number of carbonyl (C=O) groups excluding carboxylic acids is 1. The number of fused-ring (bicyclic) bond motifs is 2. The third kappa shape index (κ3) is 4.01. The van der Waals surface area contributed by atoms with Crippen molar-refractivity contribution in [3.63, 3.8) is 0 Å². The number of nitrogens with two attached hydrogens (primary N) is 1. The highest BCUT2D eigenvalue weighted by Crippen LogP contribution is 2.44. The predicted molar refractivity (Wildman–Crippen MR) is 126 cm³/mol. The molecule has 2 aliphatic heterocycles. The summed E-state index contributed by atoms with van der Waals surface area (Å²) in [5.74, 6) is -0.577. The van der Waals surface area contributed by atoms with E-state index in [1.54, 1.807) is 33.8 Å². The maximum absolute atomic E-state index is 13.3. The fourth-order valence-electron chi connectivity index (χ4n) is 4.90. The molecule has 3 N–H and O–H groups in total. The normalized spacial score (nSPS) is 16.8. The summed E-state index contributed by atoms with van der Waals surface area (Å²) in [5, 5.41) is 16.8. The number of alkyl halides is 3. The van der Waals surface area contributed by atoms with Gasteiger partial charge in [-0.25, -0.2) is 9.78 Å². The van der Waals surface area contributed by atoms with Crippen LogP contribution < -0.4 is 11.1 Å². The van der Waals surface area contributed by atoms with Gasteiger partial charge in [-0.3, -0.25) is 4.68 Å². The van der Waals surface area contributed by atoms with Crippen LogP contribution >= 0.6 is 11.6 Å². The van der Waals surface area contributed by atoms with Crippen molar-refractivity contribution in [2.75, 3.05) is 18.8 Å². The Morgan fingerprint density at radius 3 is 2.72 bits per heavy atom. The van der Waals surface area contributed by atoms with Crippen molar-refractivity contribution in [2.45, 2.75) is 37.5 Å². The fourth-order valence-corrected chi connectivity index (χ4v) is 5.24. The average Bonchev–Trinajstić information content (AvgIpc) is 3.36. The van der Waals surface area contributed by atoms with Crippen LogP contribution in [0.2, 0.25) is 5.02 Å². The third-order valence-electron chi connectivity index (χ3n) is 6.86. The number of urea groups is 1. The highest BCUT2D eigenvalue weighted by molar-refractivity contribution is 6.31. The summed E-state index contributed by atoms with van der Waals surface area (Å²) in [4.78, 5) is 18.2. The molecule has 0 bridgehead atoms. The Bertz CT molecular complexity index is 1410. The second kappa shape index (κ2) is 8.41. The average molecular weight is 516 g/mol. The molecular weight excluding hydrogens is 495 g/mol. The number of carbonyl (C=O) groups is 1. The Morgan fingerprint density at radius 2 is 2.06 bits per heavy atom. The molecule has 8 nitrogen and oxygen atoms in total. The summed E-state index contributed by atoms with van der Waals surface area (Å²) >= 11 is 6.27. The summed E-state index contributed by atoms with van der Waals surface area (Å²) in [6.45, 7) is 3.35. The van der Waals surface area contributed by atoms with Gasteiger partial charge in [-0.2, -0.15) is 23.5 Å². The van der Waals surface area contributed by atoms with Crippen LogP contribution in [0.4, 0.5) is 23.8 Å². The van der Waals surface area contributed by atoms with Gasteiger partial charge < -0.3 is 16.0 Å². The number of rotatable bonds is 3. The quantitative estimate of drug-likeness (QED) is 0.533. The van der Waals surface area contributed by atoms with Crippen LogP contribution in [0.1, 0.15) is 41.8 Å². The molecule has 2 amide bonds. The van der Waals surface area contributed by atoms with E-state index in [2.05, 4.69) is 15.4 Å². The Labute approximate surface area is 209 Å². The fraction of sp³-hybridized carbons (Fsp3) is 0.333. The number of halogens is 4. The van der Waals surface area contributed by atoms with Gasteiger partial charge in [0.2, 0.25) is 0 Å². The molecule has 186 valence electrons. The number of anilines is 1. The summed E-state index contributed by atoms with van der Waals surface area (Å²) < 4.78 is 41.6. The van der Waals surface area contributed by atoms with Gasteiger partial charge in [0.1, 0.15) is 5.82 Å². The number of hydrogen-bond acceptors (Lipinski definition) is 5. The molecule has 4 heterocycles. The van der Waals surface area contributed by atoms with Crippen molar-refractivity contribution in [1.29, 1.82) is 5.26 Å². The Hall–Kier alpha value is -3.78. The van der Waals surface area contributed by atoms with E-state index in [0.29, 0.717) is 41.5 Å². The van der Waals surface area contributed by atoms with Crippen LogP contribution in [-0.2, 0) is 18.1 Å². The number of nitrogens with one attached hydrogen (secondary N) is 1. The van der Waals surface area contributed by atoms with Gasteiger partial charge in [-0.1, -0.05) is 17.7 Å². The SMILES string of the molecule is CC(NC(=O)N1CC2(CCn3nc(-c4cnc(N)c(C(F)(F)F)c4)cc32)C1)c1ccc(C#N)cc1Cl. The standard InChI is InChI=1S/C24H21ClF3N7O/c1-13(16-3-2-14(9-29)6-18(16)25)32-22(36)34-11-23(12-34)4-5-35-20(23)8-19(33-35)15-7-17(24(26,27)28)21(30)31-10-15/h2-3,6-8,10,13H,4-5,11-12H2,1H3,(H2,30,31)(H,32,36). The first kappa shape index (κ1) is 23.9. The van der Waals surface area contributed by atoms with E-state index in [1.807, 2.05) is 13.0 Å². The van der Waals surface area contributed by atoms with Crippen molar-refractivity contribution in [2.24, 2.45) is 0 Å². The number of aromatic nitrogens is 3. The highest BCUT2D eigenvalue weighted by Gasteiger charge is 2.51. The number of amides is 2. The molecule has 1 spiro atoms. The molecule has 1 saturated heterocycles. The summed E-state index contributed by atoms with van der Waals surface area (Å²) in [6.07, 6.45) is -2.55. The lowest BCUT2D eigenvalue weighted by Crippen LogP contribution is -2.62. The molecule has 0 saturated carbocycles. The summed E-state index contributed by atoms with van der Waals surface area (Å²) in [7, 11) is 0. The van der Waals surface area contributed by atoms with E-state index in [9.17, 15) is 18.0 Å². The number of hydrogen-bond donors (Lipinski definition) is 2. The first-order valence-electron chi connectivity index (χ1n) is 11.2. The van der Waals surface area contributed by atoms with Crippen LogP contribution in [0.25, 0.3) is 11.3 Å². The monoisotopic (exact) mass is 515 g/mol. The highest BCUT2D eigenvalue weighted by atomic mass is 35.5. The van der Waals surface area contributed by atoms with Gasteiger partial charge in [0.25, 0.3) is 0 Å². The maximum Gasteiger partial charge on any atom is 0.419 e. The molecule has 3 aromatic rings. The van der Waals surface area contributed by atoms with Crippen LogP contribution in [0.15, 0.2) is 36.5 Å². The van der Waals surface area contributed by atoms with Gasteiger partial charge in [-0.15, -0.1) is 0 Å². The first-order chi connectivity index (χ1) is 17.0. The number of benzene rings is 1. The summed E-state index contributed by atoms with van der Waals surface area (Å²) in [6, 6.07) is 9.07. The minimum Gasteiger partial charge on any atom is -0.383 e. The molecule has 2 aromatic heterocycles. The van der Waals surface area contributed by atoms with E-state index in [4.69, 9.17) is 22.6 Å². The Morgan fingerprint density at radius 1 is 1.31 bits per heavy atom. The number of likely N-dealkylation sites (tertiary alicyclic amines) is 1. The number of aryl methyl sites for hydroxylation is 1. The second-order valence-electron chi connectivity index (χ2n) is 9.20. The molecule has 0 radical (unpaired) electrons. The van der Waals surface area contributed by atoms with Gasteiger partial charge in [0.15, 0.2) is 0 Å². The van der Waals surface area contributed by atoms with Gasteiger partial charge in [0, 0.05) is 47.5 Å². The number of nitrogen functional groups attached to an aromatic ring is 1. The van der Waals surface area contributed by atoms with Crippen molar-refractivity contribution in [3.8, 4) is 17.3 Å². The zero-order chi connectivity index (χ0) is 25.8. The molecule has 1 atom stereocenters. The topological polar surface area (TPSA) is 113 Å². The molecule has 36 heavy (non-hydrogen) atoms. The molecule has 1 unspecified atom stereocenters. The molecule has 5 rings (SSSR count). The third-order valence-corrected chi connectivity index (χ3v) is 7.18. The predicted octanol–water partition coefficient (Wildman–Crippen LogP) is 4.50. The minimum atomic E-state index is -4.61. The zero-order valence-electron chi connectivity index (χ0n) is 19.1. The Balaban J connectivity index is 1.29. The van der Waals surface area contributed by atoms with Gasteiger partial charge in [0.05, 0.1) is 28.9 Å². The lowest BCUT2D eigenvalue weighted by Gasteiger charge is -2.47. The van der Waals surface area contributed by atoms with Crippen LogP contribution in [0, 0.1) is 11.3 Å². The molecule has 12 heteroatoms. The van der Waals surface area contributed by atoms with Crippen molar-refractivity contribution < 1.29 is 18.0 Å². The van der Waals surface area contributed by atoms with E-state index in [-0.39, 0.29) is 23.1 Å². The summed E-state index contributed by atoms with van der Waals surface area (Å²) in [5.41, 5.74) is 6.77. The lowest BCUT2D eigenvalue weighted by molar-refractivity contribution is -0.137. The molecular formula is C24H21ClF3N7O. The van der Waals surface area contributed by atoms with E-state index < -0.39 is 17.6 Å². The smallest absolute Gasteiger partial charge is 0.383 e. The van der Waals surface area contributed by atoms with Crippen molar-refractivity contribution in [3.05, 3.63) is 63.9 Å². The van der Waals surface area contributed by atoms with Crippen molar-refractivity contribution in [1.82, 2.24) is 25.0 Å². The molecule has 1 fully saturated rings. The molecule has 1 aromatic carbocycles. The van der Waals surface area contributed by atoms with E-state index in [0.717, 1.165) is 18.2 Å². The van der Waals surface area contributed by atoms with Crippen LogP contribution in [-0.4, -0.2) is 38.8 Å². The number of nitrogens with zero attached hydrogens (tertiary/aromatic N) is 5. The largest absolute Gasteiger partial charge is 0.419 e. The van der Waals surface area contributed by atoms with Crippen molar-refractivity contribution >= 4 is 23.4 Å².